The highest BCUT2D eigenvalue weighted by molar-refractivity contribution is 9.10. The van der Waals surface area contributed by atoms with Gasteiger partial charge in [-0.05, 0) is 58.7 Å². The molecule has 2 aromatic rings. The SMILES string of the molecule is CNC(=O)c1ccc(NC(=O)c2cc(OC)c(Br)c(OC)c2)c(C)c1. The van der Waals surface area contributed by atoms with Gasteiger partial charge >= 0.3 is 0 Å². The second-order valence-corrected chi connectivity index (χ2v) is 6.05. The van der Waals surface area contributed by atoms with Crippen LogP contribution >= 0.6 is 15.9 Å². The van der Waals surface area contributed by atoms with Crippen LogP contribution in [0.15, 0.2) is 34.8 Å². The van der Waals surface area contributed by atoms with Crippen molar-refractivity contribution in [3.8, 4) is 11.5 Å². The Morgan fingerprint density at radius 2 is 1.56 bits per heavy atom. The largest absolute Gasteiger partial charge is 0.495 e. The molecule has 6 nitrogen and oxygen atoms in total. The summed E-state index contributed by atoms with van der Waals surface area (Å²) in [5.41, 5.74) is 2.33. The minimum absolute atomic E-state index is 0.177. The van der Waals surface area contributed by atoms with Gasteiger partial charge in [0.25, 0.3) is 11.8 Å². The van der Waals surface area contributed by atoms with Gasteiger partial charge in [-0.3, -0.25) is 9.59 Å². The number of ether oxygens (including phenoxy) is 2. The van der Waals surface area contributed by atoms with E-state index in [1.165, 1.54) is 14.2 Å². The highest BCUT2D eigenvalue weighted by Gasteiger charge is 2.16. The summed E-state index contributed by atoms with van der Waals surface area (Å²) in [6.07, 6.45) is 0. The lowest BCUT2D eigenvalue weighted by Gasteiger charge is -2.13. The first kappa shape index (κ1) is 18.8. The molecule has 0 atom stereocenters. The van der Waals surface area contributed by atoms with E-state index in [0.717, 1.165) is 5.56 Å². The zero-order valence-corrected chi connectivity index (χ0v) is 16.0. The molecule has 0 heterocycles. The van der Waals surface area contributed by atoms with Crippen molar-refractivity contribution >= 4 is 33.4 Å². The van der Waals surface area contributed by atoms with Crippen LogP contribution in [0.2, 0.25) is 0 Å². The lowest BCUT2D eigenvalue weighted by molar-refractivity contribution is 0.0962. The molecule has 2 aromatic carbocycles. The summed E-state index contributed by atoms with van der Waals surface area (Å²) >= 11 is 3.37. The summed E-state index contributed by atoms with van der Waals surface area (Å²) in [4.78, 5) is 24.2. The molecule has 0 spiro atoms. The molecule has 2 rings (SSSR count). The number of halogens is 1. The second kappa shape index (κ2) is 8.02. The number of carbonyl (C=O) groups is 2. The number of hydrogen-bond acceptors (Lipinski definition) is 4. The average molecular weight is 407 g/mol. The van der Waals surface area contributed by atoms with Gasteiger partial charge in [0, 0.05) is 23.9 Å². The molecule has 0 fully saturated rings. The van der Waals surface area contributed by atoms with E-state index >= 15 is 0 Å². The number of aryl methyl sites for hydroxylation is 1. The summed E-state index contributed by atoms with van der Waals surface area (Å²) in [5, 5.41) is 5.40. The maximum atomic E-state index is 12.6. The van der Waals surface area contributed by atoms with Crippen molar-refractivity contribution < 1.29 is 19.1 Å². The molecule has 0 unspecified atom stereocenters. The average Bonchev–Trinajstić information content (AvgIpc) is 2.62. The number of methoxy groups -OCH3 is 2. The molecule has 0 saturated heterocycles. The van der Waals surface area contributed by atoms with E-state index in [0.29, 0.717) is 32.8 Å². The summed E-state index contributed by atoms with van der Waals surface area (Å²) < 4.78 is 11.1. The van der Waals surface area contributed by atoms with E-state index in [1.807, 2.05) is 6.92 Å². The summed E-state index contributed by atoms with van der Waals surface area (Å²) in [6, 6.07) is 8.32. The van der Waals surface area contributed by atoms with E-state index in [4.69, 9.17) is 9.47 Å². The van der Waals surface area contributed by atoms with Gasteiger partial charge in [-0.1, -0.05) is 0 Å². The molecule has 0 aliphatic carbocycles. The van der Waals surface area contributed by atoms with Crippen LogP contribution in [0.1, 0.15) is 26.3 Å². The molecule has 2 amide bonds. The van der Waals surface area contributed by atoms with Gasteiger partial charge in [0.05, 0.1) is 14.2 Å². The van der Waals surface area contributed by atoms with Crippen molar-refractivity contribution in [3.05, 3.63) is 51.5 Å². The van der Waals surface area contributed by atoms with Crippen LogP contribution in [0.3, 0.4) is 0 Å². The van der Waals surface area contributed by atoms with Crippen LogP contribution in [0.5, 0.6) is 11.5 Å². The summed E-state index contributed by atoms with van der Waals surface area (Å²) in [6.45, 7) is 1.82. The van der Waals surface area contributed by atoms with Crippen LogP contribution in [0.25, 0.3) is 0 Å². The molecule has 0 saturated carbocycles. The fourth-order valence-corrected chi connectivity index (χ4v) is 2.84. The Morgan fingerprint density at radius 3 is 2.04 bits per heavy atom. The fraction of sp³-hybridized carbons (Fsp3) is 0.222. The molecule has 25 heavy (non-hydrogen) atoms. The standard InChI is InChI=1S/C18H19BrN2O4/c1-10-7-11(17(22)20-2)5-6-13(10)21-18(23)12-8-14(24-3)16(19)15(9-12)25-4/h5-9H,1-4H3,(H,20,22)(H,21,23). The number of amides is 2. The Morgan fingerprint density at radius 1 is 0.960 bits per heavy atom. The smallest absolute Gasteiger partial charge is 0.255 e. The second-order valence-electron chi connectivity index (χ2n) is 5.26. The van der Waals surface area contributed by atoms with Gasteiger partial charge in [0.1, 0.15) is 16.0 Å². The molecular weight excluding hydrogens is 388 g/mol. The van der Waals surface area contributed by atoms with Gasteiger partial charge < -0.3 is 20.1 Å². The van der Waals surface area contributed by atoms with Crippen LogP contribution in [-0.4, -0.2) is 33.1 Å². The highest BCUT2D eigenvalue weighted by atomic mass is 79.9. The van der Waals surface area contributed by atoms with E-state index in [9.17, 15) is 9.59 Å². The Labute approximate surface area is 154 Å². The van der Waals surface area contributed by atoms with Crippen molar-refractivity contribution in [2.75, 3.05) is 26.6 Å². The van der Waals surface area contributed by atoms with Crippen molar-refractivity contribution in [1.29, 1.82) is 0 Å². The first-order chi connectivity index (χ1) is 11.9. The van der Waals surface area contributed by atoms with Gasteiger partial charge in [0.15, 0.2) is 0 Å². The third-order valence-electron chi connectivity index (χ3n) is 3.67. The Balaban J connectivity index is 2.29. The lowest BCUT2D eigenvalue weighted by atomic mass is 10.1. The van der Waals surface area contributed by atoms with E-state index in [1.54, 1.807) is 37.4 Å². The Hall–Kier alpha value is -2.54. The van der Waals surface area contributed by atoms with Crippen LogP contribution in [-0.2, 0) is 0 Å². The first-order valence-electron chi connectivity index (χ1n) is 7.46. The highest BCUT2D eigenvalue weighted by Crippen LogP contribution is 2.35. The van der Waals surface area contributed by atoms with E-state index in [-0.39, 0.29) is 11.8 Å². The molecule has 0 aromatic heterocycles. The van der Waals surface area contributed by atoms with Gasteiger partial charge in [-0.15, -0.1) is 0 Å². The summed E-state index contributed by atoms with van der Waals surface area (Å²) in [7, 11) is 4.60. The first-order valence-corrected chi connectivity index (χ1v) is 8.26. The monoisotopic (exact) mass is 406 g/mol. The lowest BCUT2D eigenvalue weighted by Crippen LogP contribution is -2.18. The number of hydrogen-bond donors (Lipinski definition) is 2. The van der Waals surface area contributed by atoms with Crippen LogP contribution in [0, 0.1) is 6.92 Å². The number of carbonyl (C=O) groups excluding carboxylic acids is 2. The molecular formula is C18H19BrN2O4. The molecule has 0 bridgehead atoms. The van der Waals surface area contributed by atoms with Crippen molar-refractivity contribution in [2.24, 2.45) is 0 Å². The maximum Gasteiger partial charge on any atom is 0.255 e. The predicted molar refractivity (Wildman–Crippen MR) is 99.8 cm³/mol. The van der Waals surface area contributed by atoms with Gasteiger partial charge in [-0.2, -0.15) is 0 Å². The third-order valence-corrected chi connectivity index (χ3v) is 4.45. The number of anilines is 1. The van der Waals surface area contributed by atoms with E-state index < -0.39 is 0 Å². The van der Waals surface area contributed by atoms with Crippen LogP contribution in [0.4, 0.5) is 5.69 Å². The minimum atomic E-state index is -0.306. The zero-order valence-electron chi connectivity index (χ0n) is 14.4. The fourth-order valence-electron chi connectivity index (χ4n) is 2.28. The van der Waals surface area contributed by atoms with Crippen molar-refractivity contribution in [1.82, 2.24) is 5.32 Å². The Bertz CT molecular complexity index is 796. The van der Waals surface area contributed by atoms with Gasteiger partial charge in [-0.25, -0.2) is 0 Å². The molecule has 0 aliphatic rings. The maximum absolute atomic E-state index is 12.6. The normalized spacial score (nSPS) is 10.1. The number of rotatable bonds is 5. The Kier molecular flexibility index (Phi) is 6.03. The van der Waals surface area contributed by atoms with Crippen molar-refractivity contribution in [2.45, 2.75) is 6.92 Å². The molecule has 132 valence electrons. The summed E-state index contributed by atoms with van der Waals surface area (Å²) in [5.74, 6) is 0.510. The molecule has 7 heteroatoms. The van der Waals surface area contributed by atoms with Gasteiger partial charge in [0.2, 0.25) is 0 Å². The number of benzene rings is 2. The predicted octanol–water partition coefficient (Wildman–Crippen LogP) is 3.39. The van der Waals surface area contributed by atoms with Crippen LogP contribution < -0.4 is 20.1 Å². The molecule has 0 radical (unpaired) electrons. The molecule has 0 aliphatic heterocycles. The van der Waals surface area contributed by atoms with Crippen molar-refractivity contribution in [3.63, 3.8) is 0 Å². The molecule has 2 N–H and O–H groups in total. The zero-order chi connectivity index (χ0) is 18.6. The number of nitrogens with one attached hydrogen (secondary N) is 2. The minimum Gasteiger partial charge on any atom is -0.495 e. The topological polar surface area (TPSA) is 76.7 Å². The quantitative estimate of drug-likeness (QED) is 0.797. The third kappa shape index (κ3) is 4.11. The van der Waals surface area contributed by atoms with E-state index in [2.05, 4.69) is 26.6 Å².